The molecule has 0 aromatic carbocycles. The maximum absolute atomic E-state index is 12.9. The minimum Gasteiger partial charge on any atom is -0.393 e. The molecule has 1 atom stereocenters. The molecule has 0 spiro atoms. The first-order chi connectivity index (χ1) is 17.5. The topological polar surface area (TPSA) is 96.2 Å². The first-order valence-electron chi connectivity index (χ1n) is 13.5. The van der Waals surface area contributed by atoms with Crippen molar-refractivity contribution in [3.8, 4) is 0 Å². The molecular weight excluding hydrogens is 452 g/mol. The van der Waals surface area contributed by atoms with Crippen LogP contribution in [0, 0.1) is 0 Å². The van der Waals surface area contributed by atoms with Crippen LogP contribution in [0.2, 0.25) is 0 Å². The van der Waals surface area contributed by atoms with Gasteiger partial charge in [0.25, 0.3) is 5.91 Å². The lowest BCUT2D eigenvalue weighted by Crippen LogP contribution is -2.37. The van der Waals surface area contributed by atoms with E-state index in [4.69, 9.17) is 9.97 Å². The number of amides is 1. The van der Waals surface area contributed by atoms with Crippen molar-refractivity contribution in [2.45, 2.75) is 89.3 Å². The van der Waals surface area contributed by atoms with Gasteiger partial charge in [-0.05, 0) is 75.5 Å². The molecule has 0 unspecified atom stereocenters. The maximum atomic E-state index is 12.9. The number of nitrogens with one attached hydrogen (secondary N) is 1. The fourth-order valence-electron chi connectivity index (χ4n) is 5.86. The summed E-state index contributed by atoms with van der Waals surface area (Å²) >= 11 is 0. The van der Waals surface area contributed by atoms with Crippen LogP contribution < -0.4 is 5.32 Å². The Morgan fingerprint density at radius 1 is 1.14 bits per heavy atom. The second-order valence-corrected chi connectivity index (χ2v) is 10.5. The minimum atomic E-state index is -0.188. The van der Waals surface area contributed by atoms with E-state index in [2.05, 4.69) is 34.9 Å². The molecular formula is C28H38N6O2. The number of carbonyl (C=O) groups excluding carboxylic acids is 1. The van der Waals surface area contributed by atoms with E-state index in [0.717, 1.165) is 75.5 Å². The highest BCUT2D eigenvalue weighted by Gasteiger charge is 2.29. The summed E-state index contributed by atoms with van der Waals surface area (Å²) < 4.78 is 2.35. The summed E-state index contributed by atoms with van der Waals surface area (Å²) in [6, 6.07) is 4.23. The summed E-state index contributed by atoms with van der Waals surface area (Å²) in [5.74, 6) is 1.13. The van der Waals surface area contributed by atoms with Crippen LogP contribution in [0.5, 0.6) is 0 Å². The van der Waals surface area contributed by atoms with E-state index in [1.165, 1.54) is 5.56 Å². The van der Waals surface area contributed by atoms with Gasteiger partial charge in [0.05, 0.1) is 6.10 Å². The average molecular weight is 491 g/mol. The van der Waals surface area contributed by atoms with Gasteiger partial charge in [-0.3, -0.25) is 9.78 Å². The van der Waals surface area contributed by atoms with Crippen LogP contribution >= 0.6 is 0 Å². The molecule has 8 nitrogen and oxygen atoms in total. The fourth-order valence-corrected chi connectivity index (χ4v) is 5.86. The predicted molar refractivity (Wildman–Crippen MR) is 141 cm³/mol. The third kappa shape index (κ3) is 5.24. The van der Waals surface area contributed by atoms with E-state index >= 15 is 0 Å². The lowest BCUT2D eigenvalue weighted by molar-refractivity contribution is 0.0713. The average Bonchev–Trinajstić information content (AvgIpc) is 3.28. The van der Waals surface area contributed by atoms with Crippen LogP contribution in [0.3, 0.4) is 0 Å². The molecule has 2 N–H and O–H groups in total. The Hall–Kier alpha value is -3.00. The van der Waals surface area contributed by atoms with E-state index in [1.807, 2.05) is 11.1 Å². The van der Waals surface area contributed by atoms with Gasteiger partial charge in [0.2, 0.25) is 5.95 Å². The maximum Gasteiger partial charge on any atom is 0.253 e. The molecule has 0 radical (unpaired) electrons. The third-order valence-corrected chi connectivity index (χ3v) is 7.91. The number of aliphatic hydroxyl groups is 1. The van der Waals surface area contributed by atoms with Crippen molar-refractivity contribution in [2.75, 3.05) is 18.4 Å². The first-order valence-corrected chi connectivity index (χ1v) is 13.5. The zero-order valence-corrected chi connectivity index (χ0v) is 21.4. The lowest BCUT2D eigenvalue weighted by Gasteiger charge is -2.32. The number of carbonyl (C=O) groups is 1. The monoisotopic (exact) mass is 490 g/mol. The molecule has 1 saturated carbocycles. The van der Waals surface area contributed by atoms with Gasteiger partial charge in [0.1, 0.15) is 5.65 Å². The highest BCUT2D eigenvalue weighted by atomic mass is 16.3. The number of anilines is 1. The highest BCUT2D eigenvalue weighted by molar-refractivity contribution is 5.94. The standard InChI is InChI=1S/C28H38N6O2/c1-3-4-19(2)31-28-30-17-24-25(18-34(26(24)32-28)22-5-7-23(35)8-6-22)20-11-15-33(16-12-20)27(36)21-9-13-29-14-10-21/h9-10,13-14,17-20,22-23,35H,3-8,11-12,15-16H2,1-2H3,(H,30,31,32)/t19-,22-,23-/m0/s1. The van der Waals surface area contributed by atoms with E-state index in [-0.39, 0.29) is 12.0 Å². The number of hydrogen-bond acceptors (Lipinski definition) is 6. The van der Waals surface area contributed by atoms with Gasteiger partial charge >= 0.3 is 0 Å². The third-order valence-electron chi connectivity index (χ3n) is 7.91. The summed E-state index contributed by atoms with van der Waals surface area (Å²) in [4.78, 5) is 28.6. The van der Waals surface area contributed by atoms with E-state index in [9.17, 15) is 9.90 Å². The molecule has 3 aromatic heterocycles. The van der Waals surface area contributed by atoms with E-state index < -0.39 is 0 Å². The van der Waals surface area contributed by atoms with Crippen LogP contribution in [-0.2, 0) is 0 Å². The van der Waals surface area contributed by atoms with Gasteiger partial charge < -0.3 is 19.9 Å². The van der Waals surface area contributed by atoms with Crippen molar-refractivity contribution in [2.24, 2.45) is 0 Å². The normalized spacial score (nSPS) is 22.0. The zero-order valence-electron chi connectivity index (χ0n) is 21.4. The molecule has 8 heteroatoms. The van der Waals surface area contributed by atoms with Gasteiger partial charge in [-0.2, -0.15) is 4.98 Å². The Balaban J connectivity index is 1.39. The SMILES string of the molecule is CCC[C@H](C)Nc1ncc2c(C3CCN(C(=O)c4ccncc4)CC3)cn([C@H]3CC[C@H](O)CC3)c2n1. The molecule has 1 saturated heterocycles. The Morgan fingerprint density at radius 2 is 1.86 bits per heavy atom. The molecule has 1 aliphatic heterocycles. The molecule has 0 bridgehead atoms. The number of fused-ring (bicyclic) bond motifs is 1. The molecule has 36 heavy (non-hydrogen) atoms. The van der Waals surface area contributed by atoms with Crippen molar-refractivity contribution in [1.82, 2.24) is 24.4 Å². The summed E-state index contributed by atoms with van der Waals surface area (Å²) in [5, 5.41) is 14.7. The molecule has 2 aliphatic rings. The molecule has 1 amide bonds. The van der Waals surface area contributed by atoms with Gasteiger partial charge in [0.15, 0.2) is 0 Å². The number of nitrogens with zero attached hydrogens (tertiary/aromatic N) is 5. The quantitative estimate of drug-likeness (QED) is 0.488. The number of hydrogen-bond donors (Lipinski definition) is 2. The molecule has 192 valence electrons. The van der Waals surface area contributed by atoms with Crippen molar-refractivity contribution < 1.29 is 9.90 Å². The second kappa shape index (κ2) is 10.9. The number of piperidine rings is 1. The van der Waals surface area contributed by atoms with Crippen molar-refractivity contribution in [3.63, 3.8) is 0 Å². The Kier molecular flexibility index (Phi) is 7.51. The highest BCUT2D eigenvalue weighted by Crippen LogP contribution is 2.38. The number of rotatable bonds is 7. The smallest absolute Gasteiger partial charge is 0.253 e. The lowest BCUT2D eigenvalue weighted by atomic mass is 9.89. The summed E-state index contributed by atoms with van der Waals surface area (Å²) in [6.07, 6.45) is 15.1. The van der Waals surface area contributed by atoms with Crippen LogP contribution in [-0.4, -0.2) is 60.7 Å². The Labute approximate surface area is 213 Å². The molecule has 2 fully saturated rings. The van der Waals surface area contributed by atoms with Crippen LogP contribution in [0.1, 0.15) is 93.1 Å². The second-order valence-electron chi connectivity index (χ2n) is 10.5. The van der Waals surface area contributed by atoms with Crippen LogP contribution in [0.4, 0.5) is 5.95 Å². The van der Waals surface area contributed by atoms with Gasteiger partial charge in [0, 0.05) is 60.9 Å². The fraction of sp³-hybridized carbons (Fsp3) is 0.571. The number of likely N-dealkylation sites (tertiary alicyclic amines) is 1. The van der Waals surface area contributed by atoms with Crippen molar-refractivity contribution in [3.05, 3.63) is 48.0 Å². The van der Waals surface area contributed by atoms with Gasteiger partial charge in [-0.1, -0.05) is 13.3 Å². The Bertz CT molecular complexity index is 1160. The number of pyridine rings is 1. The van der Waals surface area contributed by atoms with E-state index in [1.54, 1.807) is 24.5 Å². The molecule has 1 aliphatic carbocycles. The van der Waals surface area contributed by atoms with Crippen molar-refractivity contribution in [1.29, 1.82) is 0 Å². The van der Waals surface area contributed by atoms with Crippen LogP contribution in [0.25, 0.3) is 11.0 Å². The Morgan fingerprint density at radius 3 is 2.56 bits per heavy atom. The number of aromatic nitrogens is 4. The largest absolute Gasteiger partial charge is 0.393 e. The first kappa shape index (κ1) is 24.7. The van der Waals surface area contributed by atoms with Gasteiger partial charge in [-0.15, -0.1) is 0 Å². The molecule has 4 heterocycles. The molecule has 5 rings (SSSR count). The summed E-state index contributed by atoms with van der Waals surface area (Å²) in [5.41, 5.74) is 2.98. The van der Waals surface area contributed by atoms with E-state index in [0.29, 0.717) is 29.5 Å². The van der Waals surface area contributed by atoms with Crippen molar-refractivity contribution >= 4 is 22.9 Å². The molecule has 3 aromatic rings. The summed E-state index contributed by atoms with van der Waals surface area (Å²) in [6.45, 7) is 5.84. The predicted octanol–water partition coefficient (Wildman–Crippen LogP) is 4.92. The summed E-state index contributed by atoms with van der Waals surface area (Å²) in [7, 11) is 0. The zero-order chi connectivity index (χ0) is 25.1. The van der Waals surface area contributed by atoms with Crippen LogP contribution in [0.15, 0.2) is 36.9 Å². The van der Waals surface area contributed by atoms with Gasteiger partial charge in [-0.25, -0.2) is 4.98 Å². The number of aliphatic hydroxyl groups excluding tert-OH is 1. The minimum absolute atomic E-state index is 0.0827.